The quantitative estimate of drug-likeness (QED) is 0.423. The molecule has 19 heavy (non-hydrogen) atoms. The molecule has 0 bridgehead atoms. The van der Waals surface area contributed by atoms with Gasteiger partial charge < -0.3 is 21.1 Å². The predicted octanol–water partition coefficient (Wildman–Crippen LogP) is 1.07. The minimum absolute atomic E-state index is 0.135. The van der Waals surface area contributed by atoms with Crippen LogP contribution >= 0.6 is 0 Å². The summed E-state index contributed by atoms with van der Waals surface area (Å²) in [6.45, 7) is 2.25. The molecule has 1 aliphatic carbocycles. The maximum atomic E-state index is 11.4. The Morgan fingerprint density at radius 1 is 0.947 bits per heavy atom. The molecule has 1 aliphatic rings. The van der Waals surface area contributed by atoms with E-state index in [0.717, 1.165) is 31.8 Å². The Kier molecular flexibility index (Phi) is 7.97. The van der Waals surface area contributed by atoms with Gasteiger partial charge in [-0.05, 0) is 38.6 Å². The fourth-order valence-electron chi connectivity index (χ4n) is 1.73. The van der Waals surface area contributed by atoms with Crippen molar-refractivity contribution in [3.63, 3.8) is 0 Å². The molecular weight excluding hydrogens is 246 g/mol. The third-order valence-corrected chi connectivity index (χ3v) is 3.00. The number of carbonyl (C=O) groups is 2. The van der Waals surface area contributed by atoms with E-state index in [2.05, 4.69) is 16.0 Å². The predicted molar refractivity (Wildman–Crippen MR) is 73.1 cm³/mol. The largest absolute Gasteiger partial charge is 0.481 e. The van der Waals surface area contributed by atoms with Gasteiger partial charge in [0.2, 0.25) is 0 Å². The second kappa shape index (κ2) is 9.61. The van der Waals surface area contributed by atoms with E-state index in [9.17, 15) is 9.59 Å². The number of rotatable bonds is 11. The number of carbonyl (C=O) groups excluding carboxylic acids is 1. The van der Waals surface area contributed by atoms with Crippen LogP contribution in [-0.4, -0.2) is 42.8 Å². The number of amides is 2. The molecule has 0 atom stereocenters. The van der Waals surface area contributed by atoms with Gasteiger partial charge in [0.15, 0.2) is 0 Å². The number of hydrogen-bond acceptors (Lipinski definition) is 3. The third-order valence-electron chi connectivity index (χ3n) is 3.00. The molecule has 0 aliphatic heterocycles. The van der Waals surface area contributed by atoms with Gasteiger partial charge in [-0.1, -0.05) is 6.42 Å². The molecule has 0 unspecified atom stereocenters. The summed E-state index contributed by atoms with van der Waals surface area (Å²) in [5.74, 6) is -0.759. The van der Waals surface area contributed by atoms with E-state index in [1.807, 2.05) is 0 Å². The number of carboxylic acids is 1. The highest BCUT2D eigenvalue weighted by Crippen LogP contribution is 2.18. The summed E-state index contributed by atoms with van der Waals surface area (Å²) < 4.78 is 0. The number of aliphatic carboxylic acids is 1. The molecule has 0 heterocycles. The van der Waals surface area contributed by atoms with E-state index in [1.165, 1.54) is 12.8 Å². The highest BCUT2D eigenvalue weighted by atomic mass is 16.4. The molecule has 0 aromatic heterocycles. The average molecular weight is 271 g/mol. The second-order valence-electron chi connectivity index (χ2n) is 4.97. The molecule has 6 heteroatoms. The lowest BCUT2D eigenvalue weighted by Gasteiger charge is -2.07. The summed E-state index contributed by atoms with van der Waals surface area (Å²) >= 11 is 0. The number of carboxylic acid groups (broad SMARTS) is 1. The Morgan fingerprint density at radius 3 is 2.26 bits per heavy atom. The van der Waals surface area contributed by atoms with Crippen molar-refractivity contribution in [2.75, 3.05) is 19.6 Å². The van der Waals surface area contributed by atoms with Crippen molar-refractivity contribution in [3.05, 3.63) is 0 Å². The van der Waals surface area contributed by atoms with E-state index in [4.69, 9.17) is 5.11 Å². The minimum Gasteiger partial charge on any atom is -0.481 e. The van der Waals surface area contributed by atoms with Crippen LogP contribution in [0.15, 0.2) is 0 Å². The van der Waals surface area contributed by atoms with Crippen LogP contribution in [0.5, 0.6) is 0 Å². The lowest BCUT2D eigenvalue weighted by atomic mass is 10.2. The third kappa shape index (κ3) is 10.3. The molecule has 2 amide bonds. The summed E-state index contributed by atoms with van der Waals surface area (Å²) in [5.41, 5.74) is 0. The molecule has 1 fully saturated rings. The van der Waals surface area contributed by atoms with Gasteiger partial charge >= 0.3 is 12.0 Å². The molecule has 0 aromatic carbocycles. The Labute approximate surface area is 114 Å². The fourth-order valence-corrected chi connectivity index (χ4v) is 1.73. The van der Waals surface area contributed by atoms with Gasteiger partial charge in [0.1, 0.15) is 0 Å². The molecule has 4 N–H and O–H groups in total. The number of hydrogen-bond donors (Lipinski definition) is 4. The molecular formula is C13H25N3O3. The van der Waals surface area contributed by atoms with E-state index >= 15 is 0 Å². The van der Waals surface area contributed by atoms with Gasteiger partial charge in [-0.15, -0.1) is 0 Å². The average Bonchev–Trinajstić information content (AvgIpc) is 3.17. The molecule has 110 valence electrons. The van der Waals surface area contributed by atoms with Crippen molar-refractivity contribution in [1.29, 1.82) is 0 Å². The first-order valence-corrected chi connectivity index (χ1v) is 7.15. The highest BCUT2D eigenvalue weighted by Gasteiger charge is 2.19. The topological polar surface area (TPSA) is 90.5 Å². The van der Waals surface area contributed by atoms with Crippen molar-refractivity contribution < 1.29 is 14.7 Å². The first-order valence-electron chi connectivity index (χ1n) is 7.15. The second-order valence-corrected chi connectivity index (χ2v) is 4.97. The van der Waals surface area contributed by atoms with Crippen molar-refractivity contribution >= 4 is 12.0 Å². The molecule has 6 nitrogen and oxygen atoms in total. The zero-order valence-corrected chi connectivity index (χ0v) is 11.4. The standard InChI is InChI=1S/C13H25N3O3/c17-12(18)5-2-1-3-8-15-13(19)16-10-4-9-14-11-6-7-11/h11,14H,1-10H2,(H,17,18)(H2,15,16,19). The Morgan fingerprint density at radius 2 is 1.63 bits per heavy atom. The lowest BCUT2D eigenvalue weighted by molar-refractivity contribution is -0.137. The zero-order valence-electron chi connectivity index (χ0n) is 11.4. The Bertz CT molecular complexity index is 280. The van der Waals surface area contributed by atoms with Gasteiger partial charge in [-0.2, -0.15) is 0 Å². The first-order chi connectivity index (χ1) is 9.18. The molecule has 1 rings (SSSR count). The molecule has 1 saturated carbocycles. The van der Waals surface area contributed by atoms with Crippen LogP contribution in [0.3, 0.4) is 0 Å². The van der Waals surface area contributed by atoms with Crippen LogP contribution in [-0.2, 0) is 4.79 Å². The van der Waals surface area contributed by atoms with Crippen LogP contribution in [0.4, 0.5) is 4.79 Å². The van der Waals surface area contributed by atoms with Crippen molar-refractivity contribution in [1.82, 2.24) is 16.0 Å². The van der Waals surface area contributed by atoms with Gasteiger partial charge in [-0.3, -0.25) is 4.79 Å². The number of unbranched alkanes of at least 4 members (excludes halogenated alkanes) is 2. The number of nitrogens with one attached hydrogen (secondary N) is 3. The van der Waals surface area contributed by atoms with Gasteiger partial charge in [0.05, 0.1) is 0 Å². The summed E-state index contributed by atoms with van der Waals surface area (Å²) in [4.78, 5) is 21.6. The first kappa shape index (κ1) is 15.8. The van der Waals surface area contributed by atoms with Crippen LogP contribution < -0.4 is 16.0 Å². The van der Waals surface area contributed by atoms with Crippen molar-refractivity contribution in [2.24, 2.45) is 0 Å². The molecule has 0 aromatic rings. The molecule has 0 saturated heterocycles. The van der Waals surface area contributed by atoms with E-state index in [1.54, 1.807) is 0 Å². The van der Waals surface area contributed by atoms with Crippen LogP contribution in [0.2, 0.25) is 0 Å². The Hall–Kier alpha value is -1.30. The Balaban J connectivity index is 1.77. The molecule has 0 radical (unpaired) electrons. The maximum absolute atomic E-state index is 11.4. The van der Waals surface area contributed by atoms with Crippen molar-refractivity contribution in [3.8, 4) is 0 Å². The van der Waals surface area contributed by atoms with Gasteiger partial charge in [-0.25, -0.2) is 4.79 Å². The minimum atomic E-state index is -0.759. The molecule has 0 spiro atoms. The number of urea groups is 1. The van der Waals surface area contributed by atoms with Crippen LogP contribution in [0.1, 0.15) is 44.9 Å². The van der Waals surface area contributed by atoms with E-state index in [0.29, 0.717) is 19.5 Å². The highest BCUT2D eigenvalue weighted by molar-refractivity contribution is 5.73. The lowest BCUT2D eigenvalue weighted by Crippen LogP contribution is -2.37. The summed E-state index contributed by atoms with van der Waals surface area (Å²) in [5, 5.41) is 17.4. The smallest absolute Gasteiger partial charge is 0.314 e. The SMILES string of the molecule is O=C(O)CCCCCNC(=O)NCCCNC1CC1. The van der Waals surface area contributed by atoms with Gasteiger partial charge in [0, 0.05) is 25.6 Å². The summed E-state index contributed by atoms with van der Waals surface area (Å²) in [6.07, 6.45) is 6.06. The van der Waals surface area contributed by atoms with Crippen LogP contribution in [0.25, 0.3) is 0 Å². The van der Waals surface area contributed by atoms with Crippen LogP contribution in [0, 0.1) is 0 Å². The maximum Gasteiger partial charge on any atom is 0.314 e. The summed E-state index contributed by atoms with van der Waals surface area (Å²) in [6, 6.07) is 0.587. The van der Waals surface area contributed by atoms with Crippen molar-refractivity contribution in [2.45, 2.75) is 51.0 Å². The zero-order chi connectivity index (χ0) is 13.9. The van der Waals surface area contributed by atoms with E-state index in [-0.39, 0.29) is 12.5 Å². The van der Waals surface area contributed by atoms with Gasteiger partial charge in [0.25, 0.3) is 0 Å². The summed E-state index contributed by atoms with van der Waals surface area (Å²) in [7, 11) is 0. The monoisotopic (exact) mass is 271 g/mol. The fraction of sp³-hybridized carbons (Fsp3) is 0.846. The normalized spacial score (nSPS) is 14.1. The van der Waals surface area contributed by atoms with E-state index < -0.39 is 5.97 Å².